The number of unbranched alkanes of at least 4 members (excludes halogenated alkanes) is 30. The Morgan fingerprint density at radius 3 is 0.860 bits per heavy atom. The fraction of sp³-hybridized carbons (Fsp3) is 0.941. The van der Waals surface area contributed by atoms with Gasteiger partial charge in [-0.3, -0.25) is 14.4 Å². The molecule has 0 aliphatic carbocycles. The Balaban J connectivity index is 4.14. The first-order valence-corrected chi connectivity index (χ1v) is 25.2. The van der Waals surface area contributed by atoms with Gasteiger partial charge in [-0.15, -0.1) is 0 Å². The van der Waals surface area contributed by atoms with Crippen LogP contribution >= 0.6 is 0 Å². The lowest BCUT2D eigenvalue weighted by Gasteiger charge is -2.18. The van der Waals surface area contributed by atoms with Crippen molar-refractivity contribution in [1.82, 2.24) is 0 Å². The van der Waals surface area contributed by atoms with Crippen molar-refractivity contribution in [2.45, 2.75) is 285 Å². The van der Waals surface area contributed by atoms with E-state index in [1.54, 1.807) is 0 Å². The number of ether oxygens (including phenoxy) is 3. The summed E-state index contributed by atoms with van der Waals surface area (Å²) in [6, 6.07) is 0. The van der Waals surface area contributed by atoms with Gasteiger partial charge in [0.05, 0.1) is 0 Å². The van der Waals surface area contributed by atoms with Gasteiger partial charge in [-0.1, -0.05) is 240 Å². The molecular weight excluding hydrogens is 709 g/mol. The fourth-order valence-corrected chi connectivity index (χ4v) is 7.64. The van der Waals surface area contributed by atoms with Crippen LogP contribution in [0.5, 0.6) is 0 Å². The Morgan fingerprint density at radius 2 is 0.579 bits per heavy atom. The highest BCUT2D eigenvalue weighted by molar-refractivity contribution is 5.71. The first-order valence-electron chi connectivity index (χ1n) is 25.2. The summed E-state index contributed by atoms with van der Waals surface area (Å²) < 4.78 is 16.7. The predicted molar refractivity (Wildman–Crippen MR) is 243 cm³/mol. The monoisotopic (exact) mass is 807 g/mol. The SMILES string of the molecule is CCCCCCCCCC(=O)O[C@@H](COC(=O)CCCCCCCCCCCCCCCCCCC(C)C)COC(=O)CCCCCCCCCCCCC(C)C. The lowest BCUT2D eigenvalue weighted by Crippen LogP contribution is -2.30. The zero-order valence-corrected chi connectivity index (χ0v) is 39.0. The van der Waals surface area contributed by atoms with Crippen molar-refractivity contribution in [2.75, 3.05) is 13.2 Å². The summed E-state index contributed by atoms with van der Waals surface area (Å²) in [7, 11) is 0. The smallest absolute Gasteiger partial charge is 0.306 e. The lowest BCUT2D eigenvalue weighted by molar-refractivity contribution is -0.167. The highest BCUT2D eigenvalue weighted by Gasteiger charge is 2.19. The maximum absolute atomic E-state index is 12.6. The molecule has 0 bridgehead atoms. The van der Waals surface area contributed by atoms with E-state index in [0.717, 1.165) is 69.6 Å². The van der Waals surface area contributed by atoms with Crippen molar-refractivity contribution in [2.24, 2.45) is 11.8 Å². The highest BCUT2D eigenvalue weighted by atomic mass is 16.6. The Labute approximate surface area is 355 Å². The number of hydrogen-bond donors (Lipinski definition) is 0. The summed E-state index contributed by atoms with van der Waals surface area (Å²) in [6.07, 6.45) is 43.9. The van der Waals surface area contributed by atoms with Gasteiger partial charge in [0.2, 0.25) is 0 Å². The van der Waals surface area contributed by atoms with Gasteiger partial charge in [0, 0.05) is 19.3 Å². The van der Waals surface area contributed by atoms with Crippen molar-refractivity contribution >= 4 is 17.9 Å². The van der Waals surface area contributed by atoms with E-state index < -0.39 is 6.10 Å². The molecule has 0 saturated carbocycles. The van der Waals surface area contributed by atoms with Crippen molar-refractivity contribution in [1.29, 1.82) is 0 Å². The molecule has 6 heteroatoms. The van der Waals surface area contributed by atoms with E-state index in [1.165, 1.54) is 167 Å². The van der Waals surface area contributed by atoms with Crippen LogP contribution in [0.15, 0.2) is 0 Å². The molecule has 0 aliphatic rings. The van der Waals surface area contributed by atoms with Crippen molar-refractivity contribution in [3.05, 3.63) is 0 Å². The first kappa shape index (κ1) is 55.4. The lowest BCUT2D eigenvalue weighted by atomic mass is 10.0. The van der Waals surface area contributed by atoms with Gasteiger partial charge in [0.25, 0.3) is 0 Å². The van der Waals surface area contributed by atoms with Crippen LogP contribution in [-0.4, -0.2) is 37.2 Å². The van der Waals surface area contributed by atoms with Gasteiger partial charge in [-0.05, 0) is 31.1 Å². The second kappa shape index (κ2) is 44.0. The minimum atomic E-state index is -0.760. The summed E-state index contributed by atoms with van der Waals surface area (Å²) in [4.78, 5) is 37.7. The highest BCUT2D eigenvalue weighted by Crippen LogP contribution is 2.17. The molecule has 0 amide bonds. The van der Waals surface area contributed by atoms with Gasteiger partial charge in [0.15, 0.2) is 6.10 Å². The molecule has 0 fully saturated rings. The summed E-state index contributed by atoms with van der Waals surface area (Å²) in [5.74, 6) is 0.814. The molecule has 0 aliphatic heterocycles. The second-order valence-electron chi connectivity index (χ2n) is 18.4. The second-order valence-corrected chi connectivity index (χ2v) is 18.4. The Hall–Kier alpha value is -1.59. The zero-order chi connectivity index (χ0) is 41.9. The molecule has 0 rings (SSSR count). The topological polar surface area (TPSA) is 78.9 Å². The summed E-state index contributed by atoms with van der Waals surface area (Å²) in [5, 5.41) is 0. The first-order chi connectivity index (χ1) is 27.7. The summed E-state index contributed by atoms with van der Waals surface area (Å²) >= 11 is 0. The van der Waals surface area contributed by atoms with Gasteiger partial charge >= 0.3 is 17.9 Å². The molecule has 0 radical (unpaired) electrons. The molecule has 0 spiro atoms. The number of hydrogen-bond acceptors (Lipinski definition) is 6. The van der Waals surface area contributed by atoms with E-state index in [9.17, 15) is 14.4 Å². The van der Waals surface area contributed by atoms with E-state index in [4.69, 9.17) is 14.2 Å². The molecule has 338 valence electrons. The number of carbonyl (C=O) groups is 3. The van der Waals surface area contributed by atoms with E-state index in [2.05, 4.69) is 34.6 Å². The van der Waals surface area contributed by atoms with E-state index in [0.29, 0.717) is 19.3 Å². The van der Waals surface area contributed by atoms with Crippen LogP contribution in [-0.2, 0) is 28.6 Å². The quantitative estimate of drug-likeness (QED) is 0.0346. The fourth-order valence-electron chi connectivity index (χ4n) is 7.64. The van der Waals surface area contributed by atoms with Crippen LogP contribution in [0.4, 0.5) is 0 Å². The molecule has 0 aromatic carbocycles. The average molecular weight is 807 g/mol. The maximum atomic E-state index is 12.6. The minimum Gasteiger partial charge on any atom is -0.462 e. The van der Waals surface area contributed by atoms with Crippen LogP contribution < -0.4 is 0 Å². The molecular formula is C51H98O6. The number of esters is 3. The zero-order valence-electron chi connectivity index (χ0n) is 39.0. The third kappa shape index (κ3) is 45.3. The Kier molecular flexibility index (Phi) is 42.7. The normalized spacial score (nSPS) is 12.1. The summed E-state index contributed by atoms with van der Waals surface area (Å²) in [5.41, 5.74) is 0. The van der Waals surface area contributed by atoms with Crippen LogP contribution in [0.3, 0.4) is 0 Å². The number of carbonyl (C=O) groups excluding carboxylic acids is 3. The maximum Gasteiger partial charge on any atom is 0.306 e. The minimum absolute atomic E-state index is 0.0644. The van der Waals surface area contributed by atoms with Crippen LogP contribution in [0, 0.1) is 11.8 Å². The van der Waals surface area contributed by atoms with Crippen LogP contribution in [0.1, 0.15) is 279 Å². The Bertz CT molecular complexity index is 870. The largest absolute Gasteiger partial charge is 0.462 e. The molecule has 1 atom stereocenters. The van der Waals surface area contributed by atoms with Crippen molar-refractivity contribution < 1.29 is 28.6 Å². The van der Waals surface area contributed by atoms with Crippen LogP contribution in [0.2, 0.25) is 0 Å². The van der Waals surface area contributed by atoms with Gasteiger partial charge in [0.1, 0.15) is 13.2 Å². The molecule has 6 nitrogen and oxygen atoms in total. The van der Waals surface area contributed by atoms with E-state index >= 15 is 0 Å². The van der Waals surface area contributed by atoms with E-state index in [1.807, 2.05) is 0 Å². The predicted octanol–water partition coefficient (Wildman–Crippen LogP) is 16.1. The van der Waals surface area contributed by atoms with Crippen molar-refractivity contribution in [3.63, 3.8) is 0 Å². The molecule has 0 aromatic heterocycles. The van der Waals surface area contributed by atoms with Crippen molar-refractivity contribution in [3.8, 4) is 0 Å². The van der Waals surface area contributed by atoms with Gasteiger partial charge < -0.3 is 14.2 Å². The molecule has 0 unspecified atom stereocenters. The molecule has 0 N–H and O–H groups in total. The average Bonchev–Trinajstić information content (AvgIpc) is 3.18. The van der Waals surface area contributed by atoms with Gasteiger partial charge in [-0.25, -0.2) is 0 Å². The third-order valence-electron chi connectivity index (χ3n) is 11.5. The molecule has 0 aromatic rings. The molecule has 0 heterocycles. The standard InChI is InChI=1S/C51H98O6/c1-6-7-8-9-24-33-38-43-51(54)57-48(45-56-50(53)42-37-32-28-23-19-18-21-26-30-35-40-47(4)5)44-55-49(52)41-36-31-27-22-17-15-13-11-10-12-14-16-20-25-29-34-39-46(2)3/h46-48H,6-45H2,1-5H3/t48-/m0/s1. The van der Waals surface area contributed by atoms with E-state index in [-0.39, 0.29) is 31.1 Å². The summed E-state index contributed by atoms with van der Waals surface area (Å²) in [6.45, 7) is 11.3. The van der Waals surface area contributed by atoms with Gasteiger partial charge in [-0.2, -0.15) is 0 Å². The Morgan fingerprint density at radius 1 is 0.333 bits per heavy atom. The van der Waals surface area contributed by atoms with Crippen LogP contribution in [0.25, 0.3) is 0 Å². The number of rotatable bonds is 45. The molecule has 0 saturated heterocycles. The third-order valence-corrected chi connectivity index (χ3v) is 11.5. The molecule has 57 heavy (non-hydrogen) atoms.